The van der Waals surface area contributed by atoms with Gasteiger partial charge in [-0.1, -0.05) is 18.2 Å². The molecule has 30 heavy (non-hydrogen) atoms. The Morgan fingerprint density at radius 2 is 1.53 bits per heavy atom. The Morgan fingerprint density at radius 1 is 0.867 bits per heavy atom. The van der Waals surface area contributed by atoms with Crippen LogP contribution in [0.4, 0.5) is 11.4 Å². The van der Waals surface area contributed by atoms with Crippen molar-refractivity contribution in [2.24, 2.45) is 0 Å². The molecule has 4 rings (SSSR count). The van der Waals surface area contributed by atoms with Crippen molar-refractivity contribution < 1.29 is 9.59 Å². The molecule has 0 spiro atoms. The van der Waals surface area contributed by atoms with Gasteiger partial charge in [-0.15, -0.1) is 0 Å². The van der Waals surface area contributed by atoms with E-state index in [2.05, 4.69) is 15.6 Å². The fraction of sp³-hybridized carbons (Fsp3) is 0.0435. The molecule has 1 heterocycles. The first-order chi connectivity index (χ1) is 14.5. The van der Waals surface area contributed by atoms with Crippen LogP contribution in [-0.4, -0.2) is 21.4 Å². The second-order valence-electron chi connectivity index (χ2n) is 6.70. The third-order valence-corrected chi connectivity index (χ3v) is 4.52. The van der Waals surface area contributed by atoms with Crippen molar-refractivity contribution >= 4 is 34.1 Å². The third kappa shape index (κ3) is 3.95. The third-order valence-electron chi connectivity index (χ3n) is 4.52. The highest BCUT2D eigenvalue weighted by Gasteiger charge is 2.11. The van der Waals surface area contributed by atoms with E-state index >= 15 is 0 Å². The van der Waals surface area contributed by atoms with E-state index in [0.717, 1.165) is 5.69 Å². The maximum Gasteiger partial charge on any atom is 0.265 e. The van der Waals surface area contributed by atoms with Gasteiger partial charge in [0.2, 0.25) is 5.91 Å². The minimum atomic E-state index is -0.321. The summed E-state index contributed by atoms with van der Waals surface area (Å²) in [5.74, 6) is -0.486. The van der Waals surface area contributed by atoms with Crippen LogP contribution in [0.2, 0.25) is 0 Å². The Labute approximate surface area is 172 Å². The number of nitrogens with one attached hydrogen (secondary N) is 2. The lowest BCUT2D eigenvalue weighted by atomic mass is 10.1. The van der Waals surface area contributed by atoms with Crippen molar-refractivity contribution in [3.8, 4) is 5.69 Å². The topological polar surface area (TPSA) is 93.1 Å². The summed E-state index contributed by atoms with van der Waals surface area (Å²) in [6.45, 7) is 1.43. The van der Waals surface area contributed by atoms with Crippen molar-refractivity contribution in [2.45, 2.75) is 6.92 Å². The smallest absolute Gasteiger partial charge is 0.265 e. The normalized spacial score (nSPS) is 10.6. The van der Waals surface area contributed by atoms with E-state index in [0.29, 0.717) is 27.8 Å². The highest BCUT2D eigenvalue weighted by atomic mass is 16.2. The minimum absolute atomic E-state index is 0.165. The van der Waals surface area contributed by atoms with Crippen LogP contribution in [0, 0.1) is 0 Å². The predicted molar refractivity (Wildman–Crippen MR) is 116 cm³/mol. The quantitative estimate of drug-likeness (QED) is 0.549. The zero-order valence-corrected chi connectivity index (χ0v) is 16.1. The summed E-state index contributed by atoms with van der Waals surface area (Å²) in [4.78, 5) is 40.8. The van der Waals surface area contributed by atoms with Crippen LogP contribution in [0.3, 0.4) is 0 Å². The molecule has 0 fully saturated rings. The van der Waals surface area contributed by atoms with Gasteiger partial charge in [-0.3, -0.25) is 19.0 Å². The Bertz CT molecular complexity index is 1300. The summed E-state index contributed by atoms with van der Waals surface area (Å²) in [7, 11) is 0. The Balaban J connectivity index is 1.58. The Morgan fingerprint density at radius 3 is 2.20 bits per heavy atom. The van der Waals surface area contributed by atoms with Crippen LogP contribution in [-0.2, 0) is 4.79 Å². The minimum Gasteiger partial charge on any atom is -0.326 e. The van der Waals surface area contributed by atoms with Gasteiger partial charge in [-0.05, 0) is 54.6 Å². The van der Waals surface area contributed by atoms with Gasteiger partial charge in [0.05, 0.1) is 16.6 Å². The maximum atomic E-state index is 12.8. The number of para-hydroxylation sites is 1. The van der Waals surface area contributed by atoms with Gasteiger partial charge >= 0.3 is 0 Å². The van der Waals surface area contributed by atoms with Gasteiger partial charge in [0, 0.05) is 23.9 Å². The molecule has 3 aromatic carbocycles. The average molecular weight is 398 g/mol. The van der Waals surface area contributed by atoms with Gasteiger partial charge in [-0.25, -0.2) is 4.98 Å². The van der Waals surface area contributed by atoms with Gasteiger partial charge in [-0.2, -0.15) is 0 Å². The number of fused-ring (bicyclic) bond motifs is 1. The first-order valence-corrected chi connectivity index (χ1v) is 9.27. The summed E-state index contributed by atoms with van der Waals surface area (Å²) in [6.07, 6.45) is 1.46. The number of aromatic nitrogens is 2. The van der Waals surface area contributed by atoms with Crippen molar-refractivity contribution in [3.05, 3.63) is 95.0 Å². The molecule has 7 nitrogen and oxygen atoms in total. The van der Waals surface area contributed by atoms with Crippen molar-refractivity contribution in [3.63, 3.8) is 0 Å². The van der Waals surface area contributed by atoms with Gasteiger partial charge in [0.15, 0.2) is 0 Å². The molecule has 0 saturated carbocycles. The molecule has 1 aromatic heterocycles. The van der Waals surface area contributed by atoms with E-state index in [1.807, 2.05) is 30.3 Å². The van der Waals surface area contributed by atoms with Crippen molar-refractivity contribution in [1.82, 2.24) is 9.55 Å². The average Bonchev–Trinajstić information content (AvgIpc) is 2.75. The predicted octanol–water partition coefficient (Wildman–Crippen LogP) is 3.60. The molecule has 2 amide bonds. The molecule has 0 bridgehead atoms. The molecule has 2 N–H and O–H groups in total. The fourth-order valence-corrected chi connectivity index (χ4v) is 3.08. The summed E-state index contributed by atoms with van der Waals surface area (Å²) >= 11 is 0. The van der Waals surface area contributed by atoms with Crippen LogP contribution < -0.4 is 16.2 Å². The number of rotatable bonds is 4. The van der Waals surface area contributed by atoms with Crippen LogP contribution >= 0.6 is 0 Å². The van der Waals surface area contributed by atoms with Gasteiger partial charge in [0.1, 0.15) is 6.33 Å². The zero-order valence-electron chi connectivity index (χ0n) is 16.1. The number of hydrogen-bond donors (Lipinski definition) is 2. The number of anilines is 2. The van der Waals surface area contributed by atoms with E-state index in [4.69, 9.17) is 0 Å². The molecule has 0 unspecified atom stereocenters. The fourth-order valence-electron chi connectivity index (χ4n) is 3.08. The molecular weight excluding hydrogens is 380 g/mol. The number of carbonyl (C=O) groups excluding carboxylic acids is 2. The van der Waals surface area contributed by atoms with Crippen molar-refractivity contribution in [2.75, 3.05) is 10.6 Å². The molecule has 0 aliphatic heterocycles. The number of carbonyl (C=O) groups is 2. The lowest BCUT2D eigenvalue weighted by Gasteiger charge is -2.09. The molecule has 7 heteroatoms. The second kappa shape index (κ2) is 8.00. The van der Waals surface area contributed by atoms with E-state index in [1.165, 1.54) is 17.8 Å². The summed E-state index contributed by atoms with van der Waals surface area (Å²) in [6, 6.07) is 20.8. The summed E-state index contributed by atoms with van der Waals surface area (Å²) in [5.41, 5.74) is 2.58. The van der Waals surface area contributed by atoms with E-state index in [9.17, 15) is 14.4 Å². The van der Waals surface area contributed by atoms with Crippen LogP contribution in [0.15, 0.2) is 83.9 Å². The number of benzene rings is 3. The first-order valence-electron chi connectivity index (χ1n) is 9.27. The maximum absolute atomic E-state index is 12.8. The molecule has 148 valence electrons. The molecule has 0 saturated heterocycles. The monoisotopic (exact) mass is 398 g/mol. The lowest BCUT2D eigenvalue weighted by molar-refractivity contribution is -0.114. The molecule has 4 aromatic rings. The molecule has 0 atom stereocenters. The number of nitrogens with zero attached hydrogens (tertiary/aromatic N) is 2. The highest BCUT2D eigenvalue weighted by molar-refractivity contribution is 6.06. The molecular formula is C23H18N4O3. The van der Waals surface area contributed by atoms with Gasteiger partial charge < -0.3 is 10.6 Å². The van der Waals surface area contributed by atoms with Crippen LogP contribution in [0.5, 0.6) is 0 Å². The van der Waals surface area contributed by atoms with Crippen LogP contribution in [0.25, 0.3) is 16.6 Å². The summed E-state index contributed by atoms with van der Waals surface area (Å²) < 4.78 is 1.47. The molecule has 0 aliphatic carbocycles. The second-order valence-corrected chi connectivity index (χ2v) is 6.70. The zero-order chi connectivity index (χ0) is 21.1. The Kier molecular flexibility index (Phi) is 5.09. The highest BCUT2D eigenvalue weighted by Crippen LogP contribution is 2.16. The molecule has 0 radical (unpaired) electrons. The summed E-state index contributed by atoms with van der Waals surface area (Å²) in [5, 5.41) is 5.89. The van der Waals surface area contributed by atoms with Gasteiger partial charge in [0.25, 0.3) is 11.5 Å². The SMILES string of the molecule is CC(=O)Nc1ccc(NC(=O)c2ccc3c(=O)n(-c4ccccc4)cnc3c2)cc1. The standard InChI is InChI=1S/C23H18N4O3/c1-15(28)25-17-8-10-18(11-9-17)26-22(29)16-7-12-20-21(13-16)24-14-27(23(20)30)19-5-3-2-4-6-19/h2-14H,1H3,(H,25,28)(H,26,29). The van der Waals surface area contributed by atoms with E-state index in [-0.39, 0.29) is 17.4 Å². The first kappa shape index (κ1) is 19.1. The van der Waals surface area contributed by atoms with Crippen LogP contribution in [0.1, 0.15) is 17.3 Å². The molecule has 0 aliphatic rings. The lowest BCUT2D eigenvalue weighted by Crippen LogP contribution is -2.19. The Hall–Kier alpha value is -4.26. The largest absolute Gasteiger partial charge is 0.326 e. The van der Waals surface area contributed by atoms with Crippen molar-refractivity contribution in [1.29, 1.82) is 0 Å². The van der Waals surface area contributed by atoms with E-state index < -0.39 is 0 Å². The number of hydrogen-bond acceptors (Lipinski definition) is 4. The number of amides is 2. The van der Waals surface area contributed by atoms with E-state index in [1.54, 1.807) is 42.5 Å².